The Kier molecular flexibility index (Phi) is 5.92. The first-order valence-electron chi connectivity index (χ1n) is 8.29. The van der Waals surface area contributed by atoms with Crippen LogP contribution in [0.3, 0.4) is 0 Å². The SMILES string of the molecule is CCC(C)Oc1cccc(NCC2(CO)CCCCC2)c1. The van der Waals surface area contributed by atoms with Crippen LogP contribution in [0.1, 0.15) is 52.4 Å². The number of aliphatic hydroxyl groups is 1. The third-order valence-corrected chi connectivity index (χ3v) is 4.66. The molecule has 0 spiro atoms. The molecule has 2 rings (SSSR count). The molecule has 0 aromatic heterocycles. The first-order valence-corrected chi connectivity index (χ1v) is 8.29. The van der Waals surface area contributed by atoms with Crippen LogP contribution in [0.4, 0.5) is 5.69 Å². The monoisotopic (exact) mass is 291 g/mol. The van der Waals surface area contributed by atoms with Gasteiger partial charge in [-0.05, 0) is 38.3 Å². The van der Waals surface area contributed by atoms with Crippen molar-refractivity contribution in [1.29, 1.82) is 0 Å². The maximum Gasteiger partial charge on any atom is 0.121 e. The quantitative estimate of drug-likeness (QED) is 0.790. The predicted molar refractivity (Wildman–Crippen MR) is 87.9 cm³/mol. The zero-order valence-electron chi connectivity index (χ0n) is 13.4. The fraction of sp³-hybridized carbons (Fsp3) is 0.667. The largest absolute Gasteiger partial charge is 0.491 e. The van der Waals surface area contributed by atoms with Gasteiger partial charge in [-0.15, -0.1) is 0 Å². The molecule has 0 radical (unpaired) electrons. The van der Waals surface area contributed by atoms with Gasteiger partial charge >= 0.3 is 0 Å². The molecule has 0 saturated heterocycles. The van der Waals surface area contributed by atoms with Gasteiger partial charge in [-0.25, -0.2) is 0 Å². The van der Waals surface area contributed by atoms with Gasteiger partial charge < -0.3 is 15.2 Å². The molecule has 118 valence electrons. The van der Waals surface area contributed by atoms with Gasteiger partial charge in [-0.1, -0.05) is 32.3 Å². The molecule has 1 aromatic carbocycles. The highest BCUT2D eigenvalue weighted by Crippen LogP contribution is 2.36. The topological polar surface area (TPSA) is 41.5 Å². The lowest BCUT2D eigenvalue weighted by atomic mass is 9.74. The van der Waals surface area contributed by atoms with E-state index in [-0.39, 0.29) is 18.1 Å². The molecule has 3 nitrogen and oxygen atoms in total. The van der Waals surface area contributed by atoms with Crippen molar-refractivity contribution >= 4 is 5.69 Å². The van der Waals surface area contributed by atoms with Crippen molar-refractivity contribution in [3.8, 4) is 5.75 Å². The molecule has 0 heterocycles. The van der Waals surface area contributed by atoms with Crippen LogP contribution in [0, 0.1) is 5.41 Å². The number of benzene rings is 1. The van der Waals surface area contributed by atoms with Crippen LogP contribution in [-0.2, 0) is 0 Å². The fourth-order valence-corrected chi connectivity index (χ4v) is 2.98. The molecule has 1 aliphatic carbocycles. The maximum atomic E-state index is 9.76. The van der Waals surface area contributed by atoms with Crippen LogP contribution in [0.2, 0.25) is 0 Å². The number of hydrogen-bond donors (Lipinski definition) is 2. The molecular weight excluding hydrogens is 262 g/mol. The number of nitrogens with one attached hydrogen (secondary N) is 1. The average molecular weight is 291 g/mol. The molecule has 0 bridgehead atoms. The van der Waals surface area contributed by atoms with E-state index in [4.69, 9.17) is 4.74 Å². The Morgan fingerprint density at radius 2 is 2.05 bits per heavy atom. The van der Waals surface area contributed by atoms with Crippen molar-refractivity contribution in [3.05, 3.63) is 24.3 Å². The summed E-state index contributed by atoms with van der Waals surface area (Å²) in [6.07, 6.45) is 7.27. The van der Waals surface area contributed by atoms with Crippen molar-refractivity contribution in [1.82, 2.24) is 0 Å². The number of hydrogen-bond acceptors (Lipinski definition) is 3. The third-order valence-electron chi connectivity index (χ3n) is 4.66. The van der Waals surface area contributed by atoms with E-state index >= 15 is 0 Å². The predicted octanol–water partition coefficient (Wildman–Crippen LogP) is 4.22. The van der Waals surface area contributed by atoms with Gasteiger partial charge in [0, 0.05) is 23.7 Å². The summed E-state index contributed by atoms with van der Waals surface area (Å²) < 4.78 is 5.86. The van der Waals surface area contributed by atoms with E-state index in [1.54, 1.807) is 0 Å². The van der Waals surface area contributed by atoms with E-state index < -0.39 is 0 Å². The Hall–Kier alpha value is -1.22. The van der Waals surface area contributed by atoms with Crippen molar-refractivity contribution < 1.29 is 9.84 Å². The zero-order chi connectivity index (χ0) is 15.1. The van der Waals surface area contributed by atoms with Crippen LogP contribution in [0.15, 0.2) is 24.3 Å². The highest BCUT2D eigenvalue weighted by atomic mass is 16.5. The highest BCUT2D eigenvalue weighted by Gasteiger charge is 2.31. The molecule has 1 saturated carbocycles. The Bertz CT molecular complexity index is 427. The van der Waals surface area contributed by atoms with E-state index in [0.29, 0.717) is 0 Å². The Morgan fingerprint density at radius 1 is 1.29 bits per heavy atom. The Labute approximate surface area is 128 Å². The second kappa shape index (κ2) is 7.69. The number of aliphatic hydroxyl groups excluding tert-OH is 1. The van der Waals surface area contributed by atoms with Crippen LogP contribution in [0.5, 0.6) is 5.75 Å². The van der Waals surface area contributed by atoms with Gasteiger partial charge in [0.15, 0.2) is 0 Å². The summed E-state index contributed by atoms with van der Waals surface area (Å²) in [7, 11) is 0. The number of anilines is 1. The fourth-order valence-electron chi connectivity index (χ4n) is 2.98. The molecule has 1 aromatic rings. The molecule has 1 unspecified atom stereocenters. The first-order chi connectivity index (χ1) is 10.2. The average Bonchev–Trinajstić information content (AvgIpc) is 2.54. The lowest BCUT2D eigenvalue weighted by Gasteiger charge is -2.36. The van der Waals surface area contributed by atoms with Crippen LogP contribution in [0.25, 0.3) is 0 Å². The molecule has 21 heavy (non-hydrogen) atoms. The Balaban J connectivity index is 1.94. The molecule has 1 aliphatic rings. The zero-order valence-corrected chi connectivity index (χ0v) is 13.4. The minimum atomic E-state index is 0.0613. The minimum Gasteiger partial charge on any atom is -0.491 e. The van der Waals surface area contributed by atoms with Crippen LogP contribution < -0.4 is 10.1 Å². The normalized spacial score (nSPS) is 19.0. The van der Waals surface area contributed by atoms with Gasteiger partial charge in [0.1, 0.15) is 5.75 Å². The Morgan fingerprint density at radius 3 is 2.71 bits per heavy atom. The lowest BCUT2D eigenvalue weighted by molar-refractivity contribution is 0.0944. The van der Waals surface area contributed by atoms with E-state index in [9.17, 15) is 5.11 Å². The van der Waals surface area contributed by atoms with Crippen molar-refractivity contribution in [3.63, 3.8) is 0 Å². The summed E-state index contributed by atoms with van der Waals surface area (Å²) in [6.45, 7) is 5.34. The van der Waals surface area contributed by atoms with E-state index in [0.717, 1.165) is 37.2 Å². The van der Waals surface area contributed by atoms with Gasteiger partial charge in [-0.3, -0.25) is 0 Å². The maximum absolute atomic E-state index is 9.76. The highest BCUT2D eigenvalue weighted by molar-refractivity contribution is 5.48. The smallest absolute Gasteiger partial charge is 0.121 e. The standard InChI is InChI=1S/C18H29NO2/c1-3-15(2)21-17-9-7-8-16(12-17)19-13-18(14-20)10-5-4-6-11-18/h7-9,12,15,19-20H,3-6,10-11,13-14H2,1-2H3. The van der Waals surface area contributed by atoms with Crippen molar-refractivity contribution in [2.75, 3.05) is 18.5 Å². The summed E-state index contributed by atoms with van der Waals surface area (Å²) in [5.41, 5.74) is 1.14. The molecule has 3 heteroatoms. The van der Waals surface area contributed by atoms with Gasteiger partial charge in [-0.2, -0.15) is 0 Å². The first kappa shape index (κ1) is 16.2. The van der Waals surface area contributed by atoms with E-state index in [1.807, 2.05) is 12.1 Å². The molecule has 1 fully saturated rings. The summed E-state index contributed by atoms with van der Waals surface area (Å²) in [5, 5.41) is 13.3. The molecule has 0 amide bonds. The van der Waals surface area contributed by atoms with Crippen LogP contribution in [-0.4, -0.2) is 24.4 Å². The molecule has 0 aliphatic heterocycles. The van der Waals surface area contributed by atoms with Crippen molar-refractivity contribution in [2.24, 2.45) is 5.41 Å². The van der Waals surface area contributed by atoms with E-state index in [1.165, 1.54) is 19.3 Å². The third kappa shape index (κ3) is 4.63. The van der Waals surface area contributed by atoms with Gasteiger partial charge in [0.25, 0.3) is 0 Å². The summed E-state index contributed by atoms with van der Waals surface area (Å²) in [6, 6.07) is 8.14. The van der Waals surface area contributed by atoms with Gasteiger partial charge in [0.2, 0.25) is 0 Å². The number of rotatable bonds is 7. The summed E-state index contributed by atoms with van der Waals surface area (Å²) >= 11 is 0. The second-order valence-corrected chi connectivity index (χ2v) is 6.44. The van der Waals surface area contributed by atoms with Crippen LogP contribution >= 0.6 is 0 Å². The minimum absolute atomic E-state index is 0.0613. The molecule has 2 N–H and O–H groups in total. The number of ether oxygens (including phenoxy) is 1. The summed E-state index contributed by atoms with van der Waals surface area (Å²) in [4.78, 5) is 0. The molecule has 1 atom stereocenters. The van der Waals surface area contributed by atoms with Gasteiger partial charge in [0.05, 0.1) is 12.7 Å². The summed E-state index contributed by atoms with van der Waals surface area (Å²) in [5.74, 6) is 0.913. The van der Waals surface area contributed by atoms with E-state index in [2.05, 4.69) is 31.3 Å². The molecular formula is C18H29NO2. The lowest BCUT2D eigenvalue weighted by Crippen LogP contribution is -2.35. The second-order valence-electron chi connectivity index (χ2n) is 6.44. The van der Waals surface area contributed by atoms with Crippen molar-refractivity contribution in [2.45, 2.75) is 58.5 Å².